The standard InChI is InChI=1S/C23H19N7O2/c1-14(2)30-12-19(18-10-25-13-27-22(18)30)21(31)16-7-17(9-24-8-16)28-23(32)15-3-4-20-26-5-6-29(20)11-15/h3-14H,1-2H3,(H,28,32). The number of pyridine rings is 2. The van der Waals surface area contributed by atoms with Gasteiger partial charge in [-0.25, -0.2) is 15.0 Å². The predicted octanol–water partition coefficient (Wildman–Crippen LogP) is 3.54. The Morgan fingerprint density at radius 1 is 1.00 bits per heavy atom. The van der Waals surface area contributed by atoms with E-state index >= 15 is 0 Å². The molecule has 1 amide bonds. The molecular formula is C23H19N7O2. The summed E-state index contributed by atoms with van der Waals surface area (Å²) in [4.78, 5) is 42.7. The first kappa shape index (κ1) is 19.6. The summed E-state index contributed by atoms with van der Waals surface area (Å²) in [6, 6.07) is 5.21. The zero-order valence-electron chi connectivity index (χ0n) is 17.4. The van der Waals surface area contributed by atoms with Crippen molar-refractivity contribution in [1.82, 2.24) is 28.9 Å². The van der Waals surface area contributed by atoms with Gasteiger partial charge in [0.1, 0.15) is 17.6 Å². The van der Waals surface area contributed by atoms with E-state index in [0.29, 0.717) is 33.4 Å². The van der Waals surface area contributed by atoms with E-state index in [0.717, 1.165) is 5.65 Å². The summed E-state index contributed by atoms with van der Waals surface area (Å²) >= 11 is 0. The first-order valence-electron chi connectivity index (χ1n) is 10.1. The molecule has 5 aromatic heterocycles. The highest BCUT2D eigenvalue weighted by Crippen LogP contribution is 2.25. The maximum Gasteiger partial charge on any atom is 0.257 e. The highest BCUT2D eigenvalue weighted by Gasteiger charge is 2.20. The Kier molecular flexibility index (Phi) is 4.70. The van der Waals surface area contributed by atoms with Crippen LogP contribution in [0.4, 0.5) is 5.69 Å². The van der Waals surface area contributed by atoms with Gasteiger partial charge in [-0.05, 0) is 32.0 Å². The molecule has 0 bridgehead atoms. The minimum absolute atomic E-state index is 0.130. The molecule has 0 spiro atoms. The Balaban J connectivity index is 1.44. The number of rotatable bonds is 5. The number of nitrogens with zero attached hydrogens (tertiary/aromatic N) is 6. The number of carbonyl (C=O) groups is 2. The molecule has 0 radical (unpaired) electrons. The molecule has 0 saturated heterocycles. The molecule has 32 heavy (non-hydrogen) atoms. The average Bonchev–Trinajstić information content (AvgIpc) is 3.43. The van der Waals surface area contributed by atoms with Crippen LogP contribution in [0.2, 0.25) is 0 Å². The summed E-state index contributed by atoms with van der Waals surface area (Å²) < 4.78 is 3.70. The Morgan fingerprint density at radius 3 is 2.72 bits per heavy atom. The number of imidazole rings is 1. The Morgan fingerprint density at radius 2 is 1.88 bits per heavy atom. The third kappa shape index (κ3) is 3.39. The molecule has 0 aromatic carbocycles. The number of ketones is 1. The zero-order chi connectivity index (χ0) is 22.2. The third-order valence-electron chi connectivity index (χ3n) is 5.20. The quantitative estimate of drug-likeness (QED) is 0.432. The van der Waals surface area contributed by atoms with Gasteiger partial charge in [-0.2, -0.15) is 0 Å². The van der Waals surface area contributed by atoms with Crippen molar-refractivity contribution in [3.05, 3.63) is 84.6 Å². The van der Waals surface area contributed by atoms with Crippen molar-refractivity contribution in [3.63, 3.8) is 0 Å². The van der Waals surface area contributed by atoms with Crippen LogP contribution in [0, 0.1) is 0 Å². The summed E-state index contributed by atoms with van der Waals surface area (Å²) in [5, 5.41) is 3.48. The van der Waals surface area contributed by atoms with E-state index in [2.05, 4.69) is 25.3 Å². The minimum Gasteiger partial charge on any atom is -0.329 e. The van der Waals surface area contributed by atoms with E-state index in [9.17, 15) is 9.59 Å². The topological polar surface area (TPSA) is 107 Å². The van der Waals surface area contributed by atoms with Crippen molar-refractivity contribution in [1.29, 1.82) is 0 Å². The third-order valence-corrected chi connectivity index (χ3v) is 5.20. The van der Waals surface area contributed by atoms with Crippen LogP contribution in [-0.2, 0) is 0 Å². The van der Waals surface area contributed by atoms with Gasteiger partial charge in [-0.3, -0.25) is 14.6 Å². The molecule has 0 fully saturated rings. The average molecular weight is 425 g/mol. The van der Waals surface area contributed by atoms with E-state index in [1.54, 1.807) is 53.6 Å². The molecule has 0 unspecified atom stereocenters. The number of nitrogens with one attached hydrogen (secondary N) is 1. The van der Waals surface area contributed by atoms with Crippen molar-refractivity contribution in [2.24, 2.45) is 0 Å². The lowest BCUT2D eigenvalue weighted by Gasteiger charge is -2.07. The molecule has 0 aliphatic carbocycles. The Labute approximate surface area is 182 Å². The minimum atomic E-state index is -0.309. The first-order chi connectivity index (χ1) is 15.5. The largest absolute Gasteiger partial charge is 0.329 e. The zero-order valence-corrected chi connectivity index (χ0v) is 17.4. The van der Waals surface area contributed by atoms with Crippen molar-refractivity contribution in [2.75, 3.05) is 5.32 Å². The summed E-state index contributed by atoms with van der Waals surface area (Å²) in [5.74, 6) is -0.524. The van der Waals surface area contributed by atoms with Crippen LogP contribution in [0.5, 0.6) is 0 Å². The molecule has 9 heteroatoms. The molecule has 0 saturated carbocycles. The predicted molar refractivity (Wildman–Crippen MR) is 119 cm³/mol. The number of hydrogen-bond donors (Lipinski definition) is 1. The highest BCUT2D eigenvalue weighted by atomic mass is 16.1. The molecule has 0 atom stereocenters. The fourth-order valence-corrected chi connectivity index (χ4v) is 3.61. The summed E-state index contributed by atoms with van der Waals surface area (Å²) in [6.45, 7) is 4.04. The highest BCUT2D eigenvalue weighted by molar-refractivity contribution is 6.16. The maximum atomic E-state index is 13.3. The number of anilines is 1. The van der Waals surface area contributed by atoms with Gasteiger partial charge in [0.2, 0.25) is 0 Å². The summed E-state index contributed by atoms with van der Waals surface area (Å²) in [5.41, 5.74) is 3.19. The lowest BCUT2D eigenvalue weighted by Crippen LogP contribution is -2.13. The SMILES string of the molecule is CC(C)n1cc(C(=O)c2cncc(NC(=O)c3ccc4nccn4c3)c2)c2cncnc21. The van der Waals surface area contributed by atoms with Gasteiger partial charge in [0.25, 0.3) is 5.91 Å². The van der Waals surface area contributed by atoms with E-state index in [-0.39, 0.29) is 17.7 Å². The second-order valence-electron chi connectivity index (χ2n) is 7.66. The van der Waals surface area contributed by atoms with Crippen molar-refractivity contribution >= 4 is 34.1 Å². The Bertz CT molecular complexity index is 1480. The molecule has 5 aromatic rings. The number of carbonyl (C=O) groups excluding carboxylic acids is 2. The van der Waals surface area contributed by atoms with Crippen molar-refractivity contribution < 1.29 is 9.59 Å². The molecule has 5 heterocycles. The van der Waals surface area contributed by atoms with Crippen LogP contribution in [0.15, 0.2) is 67.9 Å². The second kappa shape index (κ2) is 7.69. The van der Waals surface area contributed by atoms with Crippen LogP contribution in [-0.4, -0.2) is 40.6 Å². The van der Waals surface area contributed by atoms with Crippen LogP contribution in [0.1, 0.15) is 46.2 Å². The summed E-state index contributed by atoms with van der Waals surface area (Å²) in [7, 11) is 0. The molecule has 1 N–H and O–H groups in total. The van der Waals surface area contributed by atoms with Crippen LogP contribution >= 0.6 is 0 Å². The van der Waals surface area contributed by atoms with E-state index < -0.39 is 0 Å². The van der Waals surface area contributed by atoms with E-state index in [1.807, 2.05) is 18.4 Å². The van der Waals surface area contributed by atoms with Gasteiger partial charge in [-0.1, -0.05) is 0 Å². The lowest BCUT2D eigenvalue weighted by molar-refractivity contribution is 0.102. The number of fused-ring (bicyclic) bond motifs is 2. The normalized spacial score (nSPS) is 11.3. The summed E-state index contributed by atoms with van der Waals surface area (Å²) in [6.07, 6.45) is 13.0. The van der Waals surface area contributed by atoms with Gasteiger partial charge in [0.15, 0.2) is 5.78 Å². The van der Waals surface area contributed by atoms with Gasteiger partial charge in [0.05, 0.1) is 23.0 Å². The number of hydrogen-bond acceptors (Lipinski definition) is 6. The van der Waals surface area contributed by atoms with E-state index in [4.69, 9.17) is 0 Å². The molecule has 5 rings (SSSR count). The van der Waals surface area contributed by atoms with Crippen LogP contribution in [0.25, 0.3) is 16.7 Å². The van der Waals surface area contributed by atoms with Crippen LogP contribution < -0.4 is 5.32 Å². The van der Waals surface area contributed by atoms with Crippen molar-refractivity contribution in [3.8, 4) is 0 Å². The second-order valence-corrected chi connectivity index (χ2v) is 7.66. The monoisotopic (exact) mass is 425 g/mol. The van der Waals surface area contributed by atoms with E-state index in [1.165, 1.54) is 18.7 Å². The fraction of sp³-hybridized carbons (Fsp3) is 0.130. The van der Waals surface area contributed by atoms with Gasteiger partial charge in [-0.15, -0.1) is 0 Å². The number of amides is 1. The molecule has 0 aliphatic heterocycles. The van der Waals surface area contributed by atoms with Gasteiger partial charge in [0, 0.05) is 54.2 Å². The fourth-order valence-electron chi connectivity index (χ4n) is 3.61. The molecule has 158 valence electrons. The van der Waals surface area contributed by atoms with Gasteiger partial charge < -0.3 is 14.3 Å². The smallest absolute Gasteiger partial charge is 0.257 e. The van der Waals surface area contributed by atoms with Gasteiger partial charge >= 0.3 is 0 Å². The molecule has 9 nitrogen and oxygen atoms in total. The lowest BCUT2D eigenvalue weighted by atomic mass is 10.1. The molecular weight excluding hydrogens is 406 g/mol. The van der Waals surface area contributed by atoms with Crippen molar-refractivity contribution in [2.45, 2.75) is 19.9 Å². The number of aromatic nitrogens is 6. The first-order valence-corrected chi connectivity index (χ1v) is 10.1. The Hall–Kier alpha value is -4.40. The van der Waals surface area contributed by atoms with Crippen LogP contribution in [0.3, 0.4) is 0 Å². The molecule has 0 aliphatic rings. The maximum absolute atomic E-state index is 13.3.